The van der Waals surface area contributed by atoms with Gasteiger partial charge in [0.1, 0.15) is 0 Å². The molecule has 96 valence electrons. The van der Waals surface area contributed by atoms with Gasteiger partial charge in [-0.2, -0.15) is 0 Å². The first-order valence-corrected chi connectivity index (χ1v) is 6.88. The van der Waals surface area contributed by atoms with E-state index in [1.807, 2.05) is 0 Å². The molecule has 3 heterocycles. The number of likely N-dealkylation sites (N-methyl/N-ethyl adjacent to an activating group) is 2. The fraction of sp³-hybridized carbons (Fsp3) is 0.846. The lowest BCUT2D eigenvalue weighted by Gasteiger charge is -2.49. The Morgan fingerprint density at radius 1 is 1.18 bits per heavy atom. The molecule has 0 spiro atoms. The lowest BCUT2D eigenvalue weighted by atomic mass is 10.1. The molecular weight excluding hydrogens is 212 g/mol. The molecule has 3 rings (SSSR count). The molecule has 0 aromatic carbocycles. The van der Waals surface area contributed by atoms with Crippen LogP contribution in [0.3, 0.4) is 0 Å². The van der Waals surface area contributed by atoms with Gasteiger partial charge < -0.3 is 14.7 Å². The SMILES string of the molecule is CCN1C=C(N2CCN(C3CN(C)C3)CC2)C1. The van der Waals surface area contributed by atoms with Gasteiger partial charge in [-0.1, -0.05) is 0 Å². The summed E-state index contributed by atoms with van der Waals surface area (Å²) in [6.07, 6.45) is 2.33. The standard InChI is InChI=1S/C13H24N4/c1-3-15-10-13(11-15)17-6-4-16(5-7-17)12-8-14(2)9-12/h10,12H,3-9,11H2,1-2H3. The van der Waals surface area contributed by atoms with Gasteiger partial charge in [-0.3, -0.25) is 4.90 Å². The predicted octanol–water partition coefficient (Wildman–Crippen LogP) is 0.0949. The van der Waals surface area contributed by atoms with Crippen LogP contribution in [-0.2, 0) is 0 Å². The Bertz CT molecular complexity index is 301. The number of rotatable bonds is 3. The lowest BCUT2D eigenvalue weighted by Crippen LogP contribution is -2.62. The summed E-state index contributed by atoms with van der Waals surface area (Å²) in [5.41, 5.74) is 1.55. The molecule has 2 fully saturated rings. The fourth-order valence-corrected chi connectivity index (χ4v) is 3.05. The monoisotopic (exact) mass is 236 g/mol. The number of hydrogen-bond donors (Lipinski definition) is 0. The summed E-state index contributed by atoms with van der Waals surface area (Å²) in [7, 11) is 2.21. The maximum atomic E-state index is 2.67. The number of piperazine rings is 1. The van der Waals surface area contributed by atoms with Gasteiger partial charge in [0.2, 0.25) is 0 Å². The molecule has 0 saturated carbocycles. The molecule has 0 bridgehead atoms. The largest absolute Gasteiger partial charge is 0.370 e. The van der Waals surface area contributed by atoms with Crippen molar-refractivity contribution in [3.8, 4) is 0 Å². The minimum absolute atomic E-state index is 0.838. The fourth-order valence-electron chi connectivity index (χ4n) is 3.05. The molecule has 0 atom stereocenters. The summed E-state index contributed by atoms with van der Waals surface area (Å²) in [4.78, 5) is 10.0. The third-order valence-electron chi connectivity index (χ3n) is 4.38. The molecule has 0 N–H and O–H groups in total. The van der Waals surface area contributed by atoms with Crippen molar-refractivity contribution in [2.75, 3.05) is 59.4 Å². The highest BCUT2D eigenvalue weighted by Crippen LogP contribution is 2.21. The van der Waals surface area contributed by atoms with E-state index in [0.717, 1.165) is 12.6 Å². The first-order valence-electron chi connectivity index (χ1n) is 6.88. The summed E-state index contributed by atoms with van der Waals surface area (Å²) < 4.78 is 0. The first kappa shape index (κ1) is 11.4. The van der Waals surface area contributed by atoms with Crippen LogP contribution in [0.15, 0.2) is 11.9 Å². The molecule has 4 heteroatoms. The van der Waals surface area contributed by atoms with Crippen LogP contribution in [-0.4, -0.2) is 85.0 Å². The number of nitrogens with zero attached hydrogens (tertiary/aromatic N) is 4. The second-order valence-corrected chi connectivity index (χ2v) is 5.58. The van der Waals surface area contributed by atoms with Crippen LogP contribution >= 0.6 is 0 Å². The molecule has 0 unspecified atom stereocenters. The van der Waals surface area contributed by atoms with Gasteiger partial charge >= 0.3 is 0 Å². The van der Waals surface area contributed by atoms with Crippen LogP contribution in [0.2, 0.25) is 0 Å². The van der Waals surface area contributed by atoms with E-state index in [2.05, 4.69) is 39.8 Å². The van der Waals surface area contributed by atoms with Crippen LogP contribution in [0.1, 0.15) is 6.92 Å². The number of likely N-dealkylation sites (tertiary alicyclic amines) is 1. The smallest absolute Gasteiger partial charge is 0.0588 e. The highest BCUT2D eigenvalue weighted by atomic mass is 15.4. The van der Waals surface area contributed by atoms with E-state index in [0.29, 0.717) is 0 Å². The number of hydrogen-bond acceptors (Lipinski definition) is 4. The van der Waals surface area contributed by atoms with Crippen LogP contribution in [0, 0.1) is 0 Å². The summed E-state index contributed by atoms with van der Waals surface area (Å²) in [5, 5.41) is 0. The van der Waals surface area contributed by atoms with Crippen molar-refractivity contribution < 1.29 is 0 Å². The van der Waals surface area contributed by atoms with Crippen molar-refractivity contribution in [2.24, 2.45) is 0 Å². The quantitative estimate of drug-likeness (QED) is 0.689. The molecular formula is C13H24N4. The van der Waals surface area contributed by atoms with E-state index in [4.69, 9.17) is 0 Å². The molecule has 0 aromatic rings. The van der Waals surface area contributed by atoms with Crippen molar-refractivity contribution in [3.05, 3.63) is 11.9 Å². The summed E-state index contributed by atoms with van der Waals surface area (Å²) in [6.45, 7) is 12.0. The average molecular weight is 236 g/mol. The molecule has 3 aliphatic heterocycles. The zero-order valence-corrected chi connectivity index (χ0v) is 11.1. The minimum atomic E-state index is 0.838. The van der Waals surface area contributed by atoms with Gasteiger partial charge in [0.05, 0.1) is 6.54 Å². The van der Waals surface area contributed by atoms with Crippen LogP contribution < -0.4 is 0 Å². The van der Waals surface area contributed by atoms with Gasteiger partial charge in [0, 0.05) is 63.8 Å². The van der Waals surface area contributed by atoms with E-state index in [-0.39, 0.29) is 0 Å². The Morgan fingerprint density at radius 3 is 2.35 bits per heavy atom. The third-order valence-corrected chi connectivity index (χ3v) is 4.38. The van der Waals surface area contributed by atoms with Crippen LogP contribution in [0.25, 0.3) is 0 Å². The van der Waals surface area contributed by atoms with E-state index in [1.54, 1.807) is 5.70 Å². The Hall–Kier alpha value is -0.740. The normalized spacial score (nSPS) is 27.8. The van der Waals surface area contributed by atoms with Crippen LogP contribution in [0.4, 0.5) is 0 Å². The van der Waals surface area contributed by atoms with Gasteiger partial charge in [-0.25, -0.2) is 0 Å². The Labute approximate surface area is 104 Å². The molecule has 4 nitrogen and oxygen atoms in total. The van der Waals surface area contributed by atoms with Gasteiger partial charge in [-0.15, -0.1) is 0 Å². The summed E-state index contributed by atoms with van der Waals surface area (Å²) in [5.74, 6) is 0. The molecule has 0 radical (unpaired) electrons. The maximum Gasteiger partial charge on any atom is 0.0588 e. The molecule has 0 aromatic heterocycles. The maximum absolute atomic E-state index is 2.67. The topological polar surface area (TPSA) is 13.0 Å². The van der Waals surface area contributed by atoms with E-state index in [9.17, 15) is 0 Å². The van der Waals surface area contributed by atoms with Crippen molar-refractivity contribution >= 4 is 0 Å². The Kier molecular flexibility index (Phi) is 3.01. The van der Waals surface area contributed by atoms with Crippen molar-refractivity contribution in [2.45, 2.75) is 13.0 Å². The zero-order chi connectivity index (χ0) is 11.8. The molecule has 2 saturated heterocycles. The summed E-state index contributed by atoms with van der Waals surface area (Å²) in [6, 6.07) is 0.838. The van der Waals surface area contributed by atoms with Gasteiger partial charge in [-0.05, 0) is 14.0 Å². The predicted molar refractivity (Wildman–Crippen MR) is 69.8 cm³/mol. The van der Waals surface area contributed by atoms with Gasteiger partial charge in [0.15, 0.2) is 0 Å². The molecule has 0 amide bonds. The Morgan fingerprint density at radius 2 is 1.82 bits per heavy atom. The second-order valence-electron chi connectivity index (χ2n) is 5.58. The van der Waals surface area contributed by atoms with Crippen molar-refractivity contribution in [1.82, 2.24) is 19.6 Å². The highest BCUT2D eigenvalue weighted by molar-refractivity contribution is 5.14. The second kappa shape index (κ2) is 4.50. The van der Waals surface area contributed by atoms with Crippen molar-refractivity contribution in [1.29, 1.82) is 0 Å². The van der Waals surface area contributed by atoms with E-state index >= 15 is 0 Å². The Balaban J connectivity index is 1.45. The van der Waals surface area contributed by atoms with E-state index < -0.39 is 0 Å². The average Bonchev–Trinajstić information content (AvgIpc) is 2.25. The third kappa shape index (κ3) is 2.16. The van der Waals surface area contributed by atoms with Crippen molar-refractivity contribution in [3.63, 3.8) is 0 Å². The summed E-state index contributed by atoms with van der Waals surface area (Å²) >= 11 is 0. The molecule has 17 heavy (non-hydrogen) atoms. The minimum Gasteiger partial charge on any atom is -0.370 e. The first-order chi connectivity index (χ1) is 8.26. The lowest BCUT2D eigenvalue weighted by molar-refractivity contribution is 0.0216. The van der Waals surface area contributed by atoms with Gasteiger partial charge in [0.25, 0.3) is 0 Å². The molecule has 3 aliphatic rings. The van der Waals surface area contributed by atoms with Crippen LogP contribution in [0.5, 0.6) is 0 Å². The zero-order valence-electron chi connectivity index (χ0n) is 11.1. The van der Waals surface area contributed by atoms with E-state index in [1.165, 1.54) is 45.8 Å². The highest BCUT2D eigenvalue weighted by Gasteiger charge is 2.32. The molecule has 0 aliphatic carbocycles.